The molecule has 0 spiro atoms. The van der Waals surface area contributed by atoms with Crippen molar-refractivity contribution in [1.82, 2.24) is 5.32 Å². The van der Waals surface area contributed by atoms with Gasteiger partial charge in [0.25, 0.3) is 5.69 Å². The Bertz CT molecular complexity index is 944. The number of benzene rings is 2. The number of methoxy groups -OCH3 is 1. The Morgan fingerprint density at radius 2 is 1.87 bits per heavy atom. The standard InChI is InChI=1S/C22H28N4O4S/c1-14(8-11-20(27)25-21-15(2)6-5-7-16(21)3)13-23-22(31)24-18-10-9-17(30-4)12-19(18)26(28)29/h5-7,9-10,12,14H,8,11,13H2,1-4H3,(H,25,27)(H2,23,24,31). The van der Waals surface area contributed by atoms with Crippen LogP contribution in [0.1, 0.15) is 30.9 Å². The van der Waals surface area contributed by atoms with Gasteiger partial charge in [0.1, 0.15) is 11.4 Å². The smallest absolute Gasteiger partial charge is 0.296 e. The van der Waals surface area contributed by atoms with E-state index in [2.05, 4.69) is 16.0 Å². The van der Waals surface area contributed by atoms with Crippen LogP contribution in [0.3, 0.4) is 0 Å². The van der Waals surface area contributed by atoms with Crippen LogP contribution in [0.5, 0.6) is 5.75 Å². The lowest BCUT2D eigenvalue weighted by Gasteiger charge is -2.16. The molecule has 8 nitrogen and oxygen atoms in total. The van der Waals surface area contributed by atoms with E-state index in [0.29, 0.717) is 25.1 Å². The highest BCUT2D eigenvalue weighted by atomic mass is 32.1. The van der Waals surface area contributed by atoms with E-state index in [1.807, 2.05) is 39.0 Å². The Morgan fingerprint density at radius 3 is 2.48 bits per heavy atom. The van der Waals surface area contributed by atoms with Crippen molar-refractivity contribution in [1.29, 1.82) is 0 Å². The predicted molar refractivity (Wildman–Crippen MR) is 127 cm³/mol. The third-order valence-electron chi connectivity index (χ3n) is 4.87. The predicted octanol–water partition coefficient (Wildman–Crippen LogP) is 4.56. The largest absolute Gasteiger partial charge is 0.496 e. The number of para-hydroxylation sites is 1. The zero-order valence-corrected chi connectivity index (χ0v) is 19.0. The molecule has 1 atom stereocenters. The van der Waals surface area contributed by atoms with Crippen LogP contribution in [0.15, 0.2) is 36.4 Å². The number of nitrogens with zero attached hydrogens (tertiary/aromatic N) is 1. The van der Waals surface area contributed by atoms with Crippen LogP contribution < -0.4 is 20.7 Å². The molecule has 0 heterocycles. The van der Waals surface area contributed by atoms with Crippen molar-refractivity contribution in [2.45, 2.75) is 33.6 Å². The first kappa shape index (κ1) is 24.1. The molecule has 0 radical (unpaired) electrons. The quantitative estimate of drug-likeness (QED) is 0.296. The van der Waals surface area contributed by atoms with E-state index in [4.69, 9.17) is 17.0 Å². The lowest BCUT2D eigenvalue weighted by molar-refractivity contribution is -0.384. The van der Waals surface area contributed by atoms with Gasteiger partial charge in [0.05, 0.1) is 18.1 Å². The molecule has 31 heavy (non-hydrogen) atoms. The average molecular weight is 445 g/mol. The summed E-state index contributed by atoms with van der Waals surface area (Å²) < 4.78 is 5.03. The van der Waals surface area contributed by atoms with Gasteiger partial charge in [-0.2, -0.15) is 0 Å². The SMILES string of the molecule is COc1ccc(NC(=S)NCC(C)CCC(=O)Nc2c(C)cccc2C)c([N+](=O)[O-])c1. The van der Waals surface area contributed by atoms with Gasteiger partial charge < -0.3 is 20.7 Å². The third-order valence-corrected chi connectivity index (χ3v) is 5.12. The summed E-state index contributed by atoms with van der Waals surface area (Å²) in [6.45, 7) is 6.48. The number of carbonyl (C=O) groups excluding carboxylic acids is 1. The number of hydrogen-bond acceptors (Lipinski definition) is 5. The molecule has 0 aliphatic heterocycles. The highest BCUT2D eigenvalue weighted by molar-refractivity contribution is 7.80. The van der Waals surface area contributed by atoms with Crippen LogP contribution in [0, 0.1) is 29.9 Å². The minimum Gasteiger partial charge on any atom is -0.496 e. The van der Waals surface area contributed by atoms with Gasteiger partial charge in [-0.1, -0.05) is 25.1 Å². The Hall–Kier alpha value is -3.20. The number of amides is 1. The van der Waals surface area contributed by atoms with Gasteiger partial charge >= 0.3 is 0 Å². The monoisotopic (exact) mass is 444 g/mol. The molecule has 166 valence electrons. The van der Waals surface area contributed by atoms with Crippen LogP contribution in [0.4, 0.5) is 17.1 Å². The maximum atomic E-state index is 12.3. The fraction of sp³-hybridized carbons (Fsp3) is 0.364. The molecular weight excluding hydrogens is 416 g/mol. The Kier molecular flexibility index (Phi) is 8.75. The van der Waals surface area contributed by atoms with Crippen molar-refractivity contribution >= 4 is 40.3 Å². The Labute approximate surface area is 187 Å². The second-order valence-electron chi connectivity index (χ2n) is 7.43. The molecule has 2 rings (SSSR count). The summed E-state index contributed by atoms with van der Waals surface area (Å²) in [5.74, 6) is 0.539. The Morgan fingerprint density at radius 1 is 1.19 bits per heavy atom. The van der Waals surface area contributed by atoms with Crippen molar-refractivity contribution in [2.24, 2.45) is 5.92 Å². The zero-order chi connectivity index (χ0) is 23.0. The highest BCUT2D eigenvalue weighted by Crippen LogP contribution is 2.28. The Balaban J connectivity index is 1.81. The van der Waals surface area contributed by atoms with Crippen molar-refractivity contribution < 1.29 is 14.5 Å². The minimum absolute atomic E-state index is 0.0289. The van der Waals surface area contributed by atoms with Gasteiger partial charge in [0, 0.05) is 18.7 Å². The molecule has 0 aliphatic rings. The number of ether oxygens (including phenoxy) is 1. The van der Waals surface area contributed by atoms with E-state index < -0.39 is 4.92 Å². The molecule has 0 saturated carbocycles. The number of nitro groups is 1. The van der Waals surface area contributed by atoms with Gasteiger partial charge in [0.2, 0.25) is 5.91 Å². The van der Waals surface area contributed by atoms with Crippen LogP contribution in [-0.4, -0.2) is 29.6 Å². The zero-order valence-electron chi connectivity index (χ0n) is 18.2. The highest BCUT2D eigenvalue weighted by Gasteiger charge is 2.16. The number of thiocarbonyl (C=S) groups is 1. The van der Waals surface area contributed by atoms with Gasteiger partial charge in [-0.25, -0.2) is 0 Å². The lowest BCUT2D eigenvalue weighted by Crippen LogP contribution is -2.32. The number of carbonyl (C=O) groups is 1. The number of anilines is 2. The third kappa shape index (κ3) is 7.21. The molecule has 9 heteroatoms. The topological polar surface area (TPSA) is 106 Å². The molecule has 0 aliphatic carbocycles. The number of rotatable bonds is 9. The van der Waals surface area contributed by atoms with Crippen LogP contribution >= 0.6 is 12.2 Å². The van der Waals surface area contributed by atoms with Gasteiger partial charge in [-0.15, -0.1) is 0 Å². The van der Waals surface area contributed by atoms with Crippen molar-refractivity contribution in [3.63, 3.8) is 0 Å². The van der Waals surface area contributed by atoms with Crippen LogP contribution in [0.2, 0.25) is 0 Å². The summed E-state index contributed by atoms with van der Waals surface area (Å²) in [5.41, 5.74) is 3.09. The fourth-order valence-electron chi connectivity index (χ4n) is 3.02. The summed E-state index contributed by atoms with van der Waals surface area (Å²) in [6.07, 6.45) is 1.07. The van der Waals surface area contributed by atoms with E-state index in [0.717, 1.165) is 16.8 Å². The maximum Gasteiger partial charge on any atom is 0.296 e. The molecule has 2 aromatic rings. The molecule has 2 aromatic carbocycles. The summed E-state index contributed by atoms with van der Waals surface area (Å²) in [7, 11) is 1.45. The van der Waals surface area contributed by atoms with Gasteiger partial charge in [0.15, 0.2) is 5.11 Å². The molecule has 0 saturated heterocycles. The normalized spacial score (nSPS) is 11.4. The fourth-order valence-corrected chi connectivity index (χ4v) is 3.22. The summed E-state index contributed by atoms with van der Waals surface area (Å²) >= 11 is 5.26. The van der Waals surface area contributed by atoms with Crippen LogP contribution in [0.25, 0.3) is 0 Å². The minimum atomic E-state index is -0.495. The number of nitrogens with one attached hydrogen (secondary N) is 3. The van der Waals surface area contributed by atoms with Crippen molar-refractivity contribution in [3.05, 3.63) is 57.6 Å². The van der Waals surface area contributed by atoms with Gasteiger partial charge in [-0.05, 0) is 61.7 Å². The summed E-state index contributed by atoms with van der Waals surface area (Å²) in [6, 6.07) is 10.4. The molecule has 1 unspecified atom stereocenters. The number of hydrogen-bond donors (Lipinski definition) is 3. The van der Waals surface area contributed by atoms with E-state index >= 15 is 0 Å². The molecule has 0 fully saturated rings. The van der Waals surface area contributed by atoms with E-state index in [-0.39, 0.29) is 28.3 Å². The number of nitro benzene ring substituents is 1. The maximum absolute atomic E-state index is 12.3. The second-order valence-corrected chi connectivity index (χ2v) is 7.84. The number of aryl methyl sites for hydroxylation is 2. The van der Waals surface area contributed by atoms with Gasteiger partial charge in [-0.3, -0.25) is 14.9 Å². The molecule has 0 aromatic heterocycles. The second kappa shape index (κ2) is 11.3. The average Bonchev–Trinajstić information content (AvgIpc) is 2.73. The molecule has 0 bridgehead atoms. The van der Waals surface area contributed by atoms with E-state index in [1.165, 1.54) is 13.2 Å². The lowest BCUT2D eigenvalue weighted by atomic mass is 10.0. The summed E-state index contributed by atoms with van der Waals surface area (Å²) in [4.78, 5) is 23.1. The first-order valence-corrected chi connectivity index (χ1v) is 10.4. The summed E-state index contributed by atoms with van der Waals surface area (Å²) in [5, 5.41) is 20.4. The first-order chi connectivity index (χ1) is 14.7. The first-order valence-electron chi connectivity index (χ1n) is 9.94. The molecule has 1 amide bonds. The van der Waals surface area contributed by atoms with Crippen LogP contribution in [-0.2, 0) is 4.79 Å². The van der Waals surface area contributed by atoms with Crippen molar-refractivity contribution in [3.8, 4) is 5.75 Å². The van der Waals surface area contributed by atoms with E-state index in [9.17, 15) is 14.9 Å². The van der Waals surface area contributed by atoms with Crippen molar-refractivity contribution in [2.75, 3.05) is 24.3 Å². The molecular formula is C22H28N4O4S. The molecule has 3 N–H and O–H groups in total. The van der Waals surface area contributed by atoms with E-state index in [1.54, 1.807) is 12.1 Å².